The first-order valence-electron chi connectivity index (χ1n) is 8.30. The smallest absolute Gasteiger partial charge is 0.240 e. The first-order valence-corrected chi connectivity index (χ1v) is 8.30. The van der Waals surface area contributed by atoms with E-state index < -0.39 is 5.54 Å². The molecule has 0 saturated carbocycles. The maximum Gasteiger partial charge on any atom is 0.240 e. The highest BCUT2D eigenvalue weighted by Gasteiger charge is 2.36. The van der Waals surface area contributed by atoms with Gasteiger partial charge in [0.05, 0.1) is 5.54 Å². The van der Waals surface area contributed by atoms with Crippen molar-refractivity contribution in [3.8, 4) is 0 Å². The summed E-state index contributed by atoms with van der Waals surface area (Å²) in [5.74, 6) is -0.0805. The van der Waals surface area contributed by atoms with E-state index in [-0.39, 0.29) is 42.3 Å². The van der Waals surface area contributed by atoms with Crippen LogP contribution in [0.15, 0.2) is 30.3 Å². The van der Waals surface area contributed by atoms with Gasteiger partial charge in [0, 0.05) is 31.3 Å². The quantitative estimate of drug-likeness (QED) is 0.696. The third-order valence-electron chi connectivity index (χ3n) is 4.43. The van der Waals surface area contributed by atoms with E-state index >= 15 is 0 Å². The molecule has 1 heterocycles. The minimum absolute atomic E-state index is 0. The molecule has 1 unspecified atom stereocenters. The van der Waals surface area contributed by atoms with Gasteiger partial charge in [0.15, 0.2) is 0 Å². The Labute approximate surface area is 163 Å². The summed E-state index contributed by atoms with van der Waals surface area (Å²) in [5, 5.41) is 6.57. The average Bonchev–Trinajstić information content (AvgIpc) is 2.54. The summed E-state index contributed by atoms with van der Waals surface area (Å²) >= 11 is 0. The lowest BCUT2D eigenvalue weighted by Gasteiger charge is -2.35. The Bertz CT molecular complexity index is 520. The number of hydrogen-bond acceptors (Lipinski definition) is 4. The molecular weight excluding hydrogens is 361 g/mol. The molecule has 0 spiro atoms. The van der Waals surface area contributed by atoms with E-state index in [9.17, 15) is 4.79 Å². The predicted octanol–water partition coefficient (Wildman–Crippen LogP) is 2.58. The van der Waals surface area contributed by atoms with Crippen LogP contribution < -0.4 is 16.4 Å². The fourth-order valence-electron chi connectivity index (χ4n) is 2.90. The van der Waals surface area contributed by atoms with Crippen LogP contribution >= 0.6 is 24.8 Å². The van der Waals surface area contributed by atoms with Gasteiger partial charge in [0.1, 0.15) is 0 Å². The summed E-state index contributed by atoms with van der Waals surface area (Å²) in [6.45, 7) is 7.93. The van der Waals surface area contributed by atoms with Crippen molar-refractivity contribution in [2.24, 2.45) is 5.73 Å². The predicted molar refractivity (Wildman–Crippen MR) is 107 cm³/mol. The van der Waals surface area contributed by atoms with Crippen LogP contribution in [-0.4, -0.2) is 36.7 Å². The van der Waals surface area contributed by atoms with Crippen LogP contribution in [-0.2, 0) is 9.53 Å². The van der Waals surface area contributed by atoms with E-state index in [4.69, 9.17) is 10.5 Å². The van der Waals surface area contributed by atoms with Crippen LogP contribution in [0.5, 0.6) is 0 Å². The van der Waals surface area contributed by atoms with Crippen LogP contribution in [0, 0.1) is 0 Å². The van der Waals surface area contributed by atoms with Gasteiger partial charge in [-0.05, 0) is 39.2 Å². The van der Waals surface area contributed by atoms with Crippen molar-refractivity contribution in [2.75, 3.05) is 19.8 Å². The Balaban J connectivity index is 0.00000288. The van der Waals surface area contributed by atoms with Gasteiger partial charge >= 0.3 is 0 Å². The van der Waals surface area contributed by atoms with Gasteiger partial charge < -0.3 is 21.1 Å². The number of benzene rings is 1. The molecule has 25 heavy (non-hydrogen) atoms. The number of amides is 1. The lowest BCUT2D eigenvalue weighted by molar-refractivity contribution is -0.130. The summed E-state index contributed by atoms with van der Waals surface area (Å²) in [6.07, 6.45) is 1.15. The Hall–Kier alpha value is -0.850. The number of nitrogens with one attached hydrogen (secondary N) is 2. The molecule has 2 rings (SSSR count). The minimum atomic E-state index is -0.792. The highest BCUT2D eigenvalue weighted by Crippen LogP contribution is 2.19. The highest BCUT2D eigenvalue weighted by atomic mass is 35.5. The van der Waals surface area contributed by atoms with E-state index in [0.717, 1.165) is 0 Å². The van der Waals surface area contributed by atoms with Crippen molar-refractivity contribution in [3.63, 3.8) is 0 Å². The summed E-state index contributed by atoms with van der Waals surface area (Å²) in [4.78, 5) is 12.4. The Morgan fingerprint density at radius 2 is 1.80 bits per heavy atom. The third-order valence-corrected chi connectivity index (χ3v) is 4.43. The van der Waals surface area contributed by atoms with Gasteiger partial charge in [-0.1, -0.05) is 30.3 Å². The molecule has 5 nitrogen and oxygen atoms in total. The van der Waals surface area contributed by atoms with Gasteiger partial charge in [0.25, 0.3) is 0 Å². The number of carbonyl (C=O) groups is 1. The van der Waals surface area contributed by atoms with E-state index in [0.29, 0.717) is 32.6 Å². The minimum Gasteiger partial charge on any atom is -0.381 e. The summed E-state index contributed by atoms with van der Waals surface area (Å²) in [7, 11) is 0. The molecule has 0 bridgehead atoms. The molecule has 1 atom stereocenters. The largest absolute Gasteiger partial charge is 0.381 e. The topological polar surface area (TPSA) is 76.4 Å². The fraction of sp³-hybridized carbons (Fsp3) is 0.611. The first-order chi connectivity index (χ1) is 10.8. The van der Waals surface area contributed by atoms with Crippen molar-refractivity contribution in [3.05, 3.63) is 35.9 Å². The third kappa shape index (κ3) is 7.12. The van der Waals surface area contributed by atoms with E-state index in [1.54, 1.807) is 0 Å². The monoisotopic (exact) mass is 391 g/mol. The number of rotatable bonds is 6. The fourth-order valence-corrected chi connectivity index (χ4v) is 2.90. The van der Waals surface area contributed by atoms with Gasteiger partial charge in [-0.25, -0.2) is 0 Å². The average molecular weight is 392 g/mol. The summed E-state index contributed by atoms with van der Waals surface area (Å²) < 4.78 is 5.29. The number of hydrogen-bond donors (Lipinski definition) is 3. The second-order valence-corrected chi connectivity index (χ2v) is 7.11. The van der Waals surface area contributed by atoms with Crippen LogP contribution in [0.2, 0.25) is 0 Å². The van der Waals surface area contributed by atoms with Gasteiger partial charge in [-0.2, -0.15) is 0 Å². The molecule has 7 heteroatoms. The molecule has 4 N–H and O–H groups in total. The second kappa shape index (κ2) is 10.3. The maximum atomic E-state index is 12.4. The standard InChI is InChI=1S/C18H29N3O2.2ClH/c1-14(15-7-5-4-6-8-15)21-17(2,3)13-20-16(22)18(19)9-11-23-12-10-18;;/h4-8,14,21H,9-13,19H2,1-3H3,(H,20,22);2*1H. The Morgan fingerprint density at radius 1 is 1.24 bits per heavy atom. The lowest BCUT2D eigenvalue weighted by atomic mass is 9.90. The molecule has 1 aliphatic heterocycles. The van der Waals surface area contributed by atoms with Crippen molar-refractivity contribution in [1.29, 1.82) is 0 Å². The van der Waals surface area contributed by atoms with Gasteiger partial charge in [-0.3, -0.25) is 4.79 Å². The van der Waals surface area contributed by atoms with E-state index in [1.165, 1.54) is 5.56 Å². The summed E-state index contributed by atoms with van der Waals surface area (Å²) in [6, 6.07) is 10.5. The molecule has 1 fully saturated rings. The molecule has 1 amide bonds. The number of nitrogens with two attached hydrogens (primary N) is 1. The Kier molecular flexibility index (Phi) is 9.98. The zero-order valence-electron chi connectivity index (χ0n) is 15.2. The highest BCUT2D eigenvalue weighted by molar-refractivity contribution is 5.86. The molecule has 1 aliphatic rings. The van der Waals surface area contributed by atoms with Crippen molar-refractivity contribution in [2.45, 2.75) is 50.7 Å². The number of halogens is 2. The van der Waals surface area contributed by atoms with Crippen molar-refractivity contribution < 1.29 is 9.53 Å². The van der Waals surface area contributed by atoms with Gasteiger partial charge in [0.2, 0.25) is 5.91 Å². The molecular formula is C18H31Cl2N3O2. The molecule has 1 aromatic rings. The normalized spacial score (nSPS) is 17.6. The molecule has 0 radical (unpaired) electrons. The van der Waals surface area contributed by atoms with Crippen LogP contribution in [0.3, 0.4) is 0 Å². The van der Waals surface area contributed by atoms with Crippen molar-refractivity contribution in [1.82, 2.24) is 10.6 Å². The SMILES string of the molecule is CC(NC(C)(C)CNC(=O)C1(N)CCOCC1)c1ccccc1.Cl.Cl. The van der Waals surface area contributed by atoms with E-state index in [2.05, 4.69) is 43.5 Å². The molecule has 1 saturated heterocycles. The second-order valence-electron chi connectivity index (χ2n) is 7.11. The Morgan fingerprint density at radius 3 is 2.36 bits per heavy atom. The number of carbonyl (C=O) groups excluding carboxylic acids is 1. The molecule has 144 valence electrons. The maximum absolute atomic E-state index is 12.4. The van der Waals surface area contributed by atoms with Crippen LogP contribution in [0.4, 0.5) is 0 Å². The lowest BCUT2D eigenvalue weighted by Crippen LogP contribution is -2.60. The van der Waals surface area contributed by atoms with E-state index in [1.807, 2.05) is 18.2 Å². The molecule has 0 aromatic heterocycles. The van der Waals surface area contributed by atoms with Crippen LogP contribution in [0.1, 0.15) is 45.2 Å². The molecule has 0 aliphatic carbocycles. The van der Waals surface area contributed by atoms with Crippen molar-refractivity contribution >= 4 is 30.7 Å². The van der Waals surface area contributed by atoms with Crippen LogP contribution in [0.25, 0.3) is 0 Å². The van der Waals surface area contributed by atoms with Gasteiger partial charge in [-0.15, -0.1) is 24.8 Å². The summed E-state index contributed by atoms with van der Waals surface area (Å²) in [5.41, 5.74) is 6.42. The molecule has 1 aromatic carbocycles. The zero-order valence-corrected chi connectivity index (χ0v) is 16.8. The first kappa shape index (κ1) is 24.1. The zero-order chi connectivity index (χ0) is 16.9. The number of ether oxygens (including phenoxy) is 1.